The summed E-state index contributed by atoms with van der Waals surface area (Å²) < 4.78 is 3.07. The number of rotatable bonds is 5. The summed E-state index contributed by atoms with van der Waals surface area (Å²) in [4.78, 5) is 0. The van der Waals surface area contributed by atoms with E-state index in [0.29, 0.717) is 12.1 Å². The number of nitrogens with one attached hydrogen (secondary N) is 1. The Morgan fingerprint density at radius 1 is 1.16 bits per heavy atom. The maximum Gasteiger partial charge on any atom is 0.0537 e. The van der Waals surface area contributed by atoms with Crippen molar-refractivity contribution < 1.29 is 0 Å². The lowest BCUT2D eigenvalue weighted by molar-refractivity contribution is 0.494. The minimum atomic E-state index is 0.291. The summed E-state index contributed by atoms with van der Waals surface area (Å²) in [6.07, 6.45) is 4.04. The molecule has 3 nitrogen and oxygen atoms in total. The van der Waals surface area contributed by atoms with Gasteiger partial charge < -0.3 is 5.32 Å². The Balaban J connectivity index is 2.01. The molecular weight excluding hydrogens is 302 g/mol. The molecule has 1 aromatic carbocycles. The topological polar surface area (TPSA) is 29.9 Å². The Hall–Kier alpha value is -1.13. The maximum absolute atomic E-state index is 4.32. The maximum atomic E-state index is 4.32. The number of aromatic nitrogens is 2. The van der Waals surface area contributed by atoms with Crippen LogP contribution in [0.25, 0.3) is 0 Å². The number of hydrogen-bond donors (Lipinski definition) is 1. The van der Waals surface area contributed by atoms with Crippen molar-refractivity contribution in [3.05, 3.63) is 52.3 Å². The summed E-state index contributed by atoms with van der Waals surface area (Å²) in [7, 11) is 0. The summed E-state index contributed by atoms with van der Waals surface area (Å²) in [5, 5.41) is 7.92. The van der Waals surface area contributed by atoms with Crippen molar-refractivity contribution >= 4 is 15.9 Å². The van der Waals surface area contributed by atoms with E-state index in [4.69, 9.17) is 0 Å². The second-order valence-corrected chi connectivity index (χ2v) is 5.71. The van der Waals surface area contributed by atoms with E-state index >= 15 is 0 Å². The molecule has 0 saturated heterocycles. The van der Waals surface area contributed by atoms with Crippen LogP contribution in [0, 0.1) is 0 Å². The third-order valence-electron chi connectivity index (χ3n) is 3.35. The molecule has 19 heavy (non-hydrogen) atoms. The standard InChI is InChI=1S/C15H20BrN3/c1-4-19-10-14(9-17-19)12(3)18-11(2)13-5-7-15(16)8-6-13/h5-12,18H,4H2,1-3H3/t11-,12?/m1/s1. The highest BCUT2D eigenvalue weighted by molar-refractivity contribution is 9.10. The minimum Gasteiger partial charge on any atom is -0.304 e. The molecule has 0 radical (unpaired) electrons. The normalized spacial score (nSPS) is 14.3. The average molecular weight is 322 g/mol. The van der Waals surface area contributed by atoms with Gasteiger partial charge in [0.2, 0.25) is 0 Å². The molecule has 1 N–H and O–H groups in total. The molecule has 0 fully saturated rings. The molecule has 1 heterocycles. The molecule has 0 saturated carbocycles. The zero-order valence-electron chi connectivity index (χ0n) is 11.6. The Bertz CT molecular complexity index is 518. The third kappa shape index (κ3) is 3.67. The fourth-order valence-electron chi connectivity index (χ4n) is 2.10. The van der Waals surface area contributed by atoms with Crippen molar-refractivity contribution in [2.75, 3.05) is 0 Å². The van der Waals surface area contributed by atoms with E-state index in [0.717, 1.165) is 11.0 Å². The quantitative estimate of drug-likeness (QED) is 0.899. The van der Waals surface area contributed by atoms with Gasteiger partial charge in [0.25, 0.3) is 0 Å². The molecule has 2 aromatic rings. The molecule has 102 valence electrons. The van der Waals surface area contributed by atoms with E-state index < -0.39 is 0 Å². The summed E-state index contributed by atoms with van der Waals surface area (Å²) >= 11 is 3.46. The van der Waals surface area contributed by atoms with Crippen molar-refractivity contribution in [3.8, 4) is 0 Å². The summed E-state index contributed by atoms with van der Waals surface area (Å²) in [6, 6.07) is 9.04. The van der Waals surface area contributed by atoms with Crippen LogP contribution in [0.1, 0.15) is 44.0 Å². The Labute approximate surface area is 123 Å². The van der Waals surface area contributed by atoms with Gasteiger partial charge in [0.1, 0.15) is 0 Å². The van der Waals surface area contributed by atoms with Crippen molar-refractivity contribution in [1.29, 1.82) is 0 Å². The first-order chi connectivity index (χ1) is 9.10. The molecule has 1 aromatic heterocycles. The monoisotopic (exact) mass is 321 g/mol. The van der Waals surface area contributed by atoms with E-state index in [1.807, 2.05) is 10.9 Å². The highest BCUT2D eigenvalue weighted by Crippen LogP contribution is 2.20. The van der Waals surface area contributed by atoms with Crippen molar-refractivity contribution in [2.45, 2.75) is 39.4 Å². The number of nitrogens with zero attached hydrogens (tertiary/aromatic N) is 2. The van der Waals surface area contributed by atoms with Gasteiger partial charge in [-0.05, 0) is 38.5 Å². The molecule has 2 rings (SSSR count). The van der Waals surface area contributed by atoms with Gasteiger partial charge in [-0.15, -0.1) is 0 Å². The van der Waals surface area contributed by atoms with Crippen LogP contribution >= 0.6 is 15.9 Å². The summed E-state index contributed by atoms with van der Waals surface area (Å²) in [6.45, 7) is 7.37. The molecule has 0 spiro atoms. The lowest BCUT2D eigenvalue weighted by Gasteiger charge is -2.19. The molecular formula is C15H20BrN3. The lowest BCUT2D eigenvalue weighted by atomic mass is 10.1. The highest BCUT2D eigenvalue weighted by Gasteiger charge is 2.12. The molecule has 0 aliphatic heterocycles. The second kappa shape index (κ2) is 6.35. The molecule has 0 amide bonds. The lowest BCUT2D eigenvalue weighted by Crippen LogP contribution is -2.22. The van der Waals surface area contributed by atoms with Crippen LogP contribution in [-0.4, -0.2) is 9.78 Å². The molecule has 0 aliphatic carbocycles. The van der Waals surface area contributed by atoms with E-state index in [1.54, 1.807) is 0 Å². The van der Waals surface area contributed by atoms with Gasteiger partial charge in [-0.3, -0.25) is 4.68 Å². The fraction of sp³-hybridized carbons (Fsp3) is 0.400. The number of hydrogen-bond acceptors (Lipinski definition) is 2. The van der Waals surface area contributed by atoms with Crippen LogP contribution in [0.15, 0.2) is 41.1 Å². The van der Waals surface area contributed by atoms with Crippen molar-refractivity contribution in [2.24, 2.45) is 0 Å². The zero-order valence-corrected chi connectivity index (χ0v) is 13.2. The van der Waals surface area contributed by atoms with E-state index in [2.05, 4.69) is 77.6 Å². The molecule has 4 heteroatoms. The van der Waals surface area contributed by atoms with Crippen LogP contribution in [0.4, 0.5) is 0 Å². The van der Waals surface area contributed by atoms with Crippen LogP contribution in [0.3, 0.4) is 0 Å². The average Bonchev–Trinajstić information content (AvgIpc) is 2.88. The predicted octanol–water partition coefficient (Wildman–Crippen LogP) is 4.08. The highest BCUT2D eigenvalue weighted by atomic mass is 79.9. The number of benzene rings is 1. The largest absolute Gasteiger partial charge is 0.304 e. The van der Waals surface area contributed by atoms with Gasteiger partial charge in [0.15, 0.2) is 0 Å². The molecule has 0 aliphatic rings. The number of halogens is 1. The first-order valence-electron chi connectivity index (χ1n) is 6.64. The van der Waals surface area contributed by atoms with Gasteiger partial charge >= 0.3 is 0 Å². The van der Waals surface area contributed by atoms with Crippen LogP contribution in [-0.2, 0) is 6.54 Å². The van der Waals surface area contributed by atoms with Gasteiger partial charge in [0, 0.05) is 34.9 Å². The van der Waals surface area contributed by atoms with Crippen LogP contribution < -0.4 is 5.32 Å². The summed E-state index contributed by atoms with van der Waals surface area (Å²) in [5.74, 6) is 0. The Kier molecular flexibility index (Phi) is 4.77. The van der Waals surface area contributed by atoms with Gasteiger partial charge in [-0.25, -0.2) is 0 Å². The van der Waals surface area contributed by atoms with E-state index in [1.165, 1.54) is 11.1 Å². The minimum absolute atomic E-state index is 0.291. The van der Waals surface area contributed by atoms with Crippen LogP contribution in [0.5, 0.6) is 0 Å². The second-order valence-electron chi connectivity index (χ2n) is 4.79. The van der Waals surface area contributed by atoms with Crippen molar-refractivity contribution in [3.63, 3.8) is 0 Å². The zero-order chi connectivity index (χ0) is 13.8. The van der Waals surface area contributed by atoms with E-state index in [-0.39, 0.29) is 0 Å². The molecule has 2 atom stereocenters. The predicted molar refractivity (Wildman–Crippen MR) is 82.0 cm³/mol. The molecule has 0 bridgehead atoms. The first-order valence-corrected chi connectivity index (χ1v) is 7.43. The Morgan fingerprint density at radius 3 is 2.37 bits per heavy atom. The summed E-state index contributed by atoms with van der Waals surface area (Å²) in [5.41, 5.74) is 2.52. The fourth-order valence-corrected chi connectivity index (χ4v) is 2.36. The Morgan fingerprint density at radius 2 is 1.79 bits per heavy atom. The molecule has 1 unspecified atom stereocenters. The van der Waals surface area contributed by atoms with Crippen LogP contribution in [0.2, 0.25) is 0 Å². The van der Waals surface area contributed by atoms with Gasteiger partial charge in [0.05, 0.1) is 6.20 Å². The van der Waals surface area contributed by atoms with E-state index in [9.17, 15) is 0 Å². The van der Waals surface area contributed by atoms with Gasteiger partial charge in [-0.1, -0.05) is 28.1 Å². The smallest absolute Gasteiger partial charge is 0.0537 e. The number of aryl methyl sites for hydroxylation is 1. The van der Waals surface area contributed by atoms with Gasteiger partial charge in [-0.2, -0.15) is 5.10 Å². The third-order valence-corrected chi connectivity index (χ3v) is 3.88. The van der Waals surface area contributed by atoms with Crippen molar-refractivity contribution in [1.82, 2.24) is 15.1 Å². The SMILES string of the molecule is CCn1cc(C(C)N[C@H](C)c2ccc(Br)cc2)cn1. The first kappa shape index (κ1) is 14.3.